The molecule has 21 N–H and O–H groups in total. The van der Waals surface area contributed by atoms with E-state index in [1.165, 1.54) is 0 Å². The molecule has 0 spiro atoms. The van der Waals surface area contributed by atoms with Crippen LogP contribution in [0.15, 0.2) is 17.1 Å². The molecule has 1 aliphatic carbocycles. The minimum absolute atomic E-state index is 0.00995. The van der Waals surface area contributed by atoms with Crippen molar-refractivity contribution >= 4 is 11.7 Å². The first-order valence-corrected chi connectivity index (χ1v) is 19.9. The fourth-order valence-corrected chi connectivity index (χ4v) is 8.01. The van der Waals surface area contributed by atoms with Gasteiger partial charge in [-0.3, -0.25) is 9.79 Å². The summed E-state index contributed by atoms with van der Waals surface area (Å²) in [5.74, 6) is -1.68. The highest BCUT2D eigenvalue weighted by atomic mass is 16.8. The zero-order chi connectivity index (χ0) is 42.3. The maximum atomic E-state index is 13.1. The van der Waals surface area contributed by atoms with Crippen LogP contribution < -0.4 is 45.0 Å². The summed E-state index contributed by atoms with van der Waals surface area (Å²) in [7, 11) is 0. The minimum Gasteiger partial charge on any atom is -0.394 e. The quantitative estimate of drug-likeness (QED) is 0.0346. The van der Waals surface area contributed by atoms with E-state index in [1.807, 2.05) is 0 Å². The van der Waals surface area contributed by atoms with Crippen molar-refractivity contribution in [2.75, 3.05) is 45.9 Å². The lowest BCUT2D eigenvalue weighted by atomic mass is 9.76. The molecule has 5 aliphatic rings. The molecule has 0 radical (unpaired) electrons. The van der Waals surface area contributed by atoms with Gasteiger partial charge in [-0.2, -0.15) is 0 Å². The number of guanidine groups is 1. The van der Waals surface area contributed by atoms with E-state index in [0.29, 0.717) is 39.0 Å². The van der Waals surface area contributed by atoms with E-state index in [0.717, 1.165) is 0 Å². The largest absolute Gasteiger partial charge is 0.394 e. The first-order chi connectivity index (χ1) is 27.5. The molecule has 4 aliphatic heterocycles. The number of nitrogens with two attached hydrogens (primary N) is 6. The molecule has 5 rings (SSSR count). The van der Waals surface area contributed by atoms with Gasteiger partial charge in [0.05, 0.1) is 36.5 Å². The Morgan fingerprint density at radius 3 is 2.24 bits per heavy atom. The normalized spacial score (nSPS) is 42.2. The third-order valence-electron chi connectivity index (χ3n) is 11.5. The molecule has 334 valence electrons. The number of hydrogen-bond donors (Lipinski definition) is 15. The van der Waals surface area contributed by atoms with Gasteiger partial charge in [-0.25, -0.2) is 0 Å². The molecular weight excluding hydrogens is 770 g/mol. The molecule has 0 aromatic heterocycles. The SMILES string of the molecule is NC[C@@H]1O[C@H](O[C@H]2[C@@H](O)[C@H](O[C@@H]3[C@@H](O)[C@H](CC(=O)[C@@H](O)CCN=C(N)N)C[C@H](N)[C@H]3O[C@H]3O[C@H](CNCC4(O)CCNCC4)C=C[C@H]3N)O[C@@H]2CO)[C@H](N)[C@@H](O)[C@@H]1O. The molecule has 58 heavy (non-hydrogen) atoms. The molecular formula is C35H65N9O14. The van der Waals surface area contributed by atoms with Gasteiger partial charge in [-0.05, 0) is 38.3 Å². The molecule has 23 nitrogen and oxygen atoms in total. The molecule has 0 aromatic carbocycles. The van der Waals surface area contributed by atoms with Crippen molar-refractivity contribution in [3.63, 3.8) is 0 Å². The van der Waals surface area contributed by atoms with Gasteiger partial charge in [0.25, 0.3) is 0 Å². The Hall–Kier alpha value is -2.08. The van der Waals surface area contributed by atoms with Crippen molar-refractivity contribution in [2.24, 2.45) is 45.3 Å². The first-order valence-electron chi connectivity index (χ1n) is 19.9. The summed E-state index contributed by atoms with van der Waals surface area (Å²) in [5.41, 5.74) is 34.7. The maximum Gasteiger partial charge on any atom is 0.187 e. The van der Waals surface area contributed by atoms with Crippen LogP contribution in [0.4, 0.5) is 0 Å². The van der Waals surface area contributed by atoms with E-state index >= 15 is 0 Å². The molecule has 0 unspecified atom stereocenters. The summed E-state index contributed by atoms with van der Waals surface area (Å²) in [6, 6.07) is -2.99. The summed E-state index contributed by atoms with van der Waals surface area (Å²) < 4.78 is 36.3. The Morgan fingerprint density at radius 2 is 1.57 bits per heavy atom. The highest BCUT2D eigenvalue weighted by Gasteiger charge is 2.54. The average Bonchev–Trinajstić information content (AvgIpc) is 3.48. The predicted octanol–water partition coefficient (Wildman–Crippen LogP) is -8.04. The Balaban J connectivity index is 1.31. The van der Waals surface area contributed by atoms with Gasteiger partial charge in [0, 0.05) is 45.1 Å². The highest BCUT2D eigenvalue weighted by molar-refractivity contribution is 5.83. The Kier molecular flexibility index (Phi) is 17.1. The fraction of sp³-hybridized carbons (Fsp3) is 0.886. The third kappa shape index (κ3) is 11.6. The number of nitrogens with zero attached hydrogens (tertiary/aromatic N) is 1. The van der Waals surface area contributed by atoms with Crippen molar-refractivity contribution in [3.05, 3.63) is 12.2 Å². The van der Waals surface area contributed by atoms with E-state index in [1.54, 1.807) is 12.2 Å². The number of Topliss-reactive ketones (excluding diaryl/α,β-unsaturated/α-hetero) is 1. The zero-order valence-electron chi connectivity index (χ0n) is 32.4. The van der Waals surface area contributed by atoms with Gasteiger partial charge in [-0.1, -0.05) is 12.2 Å². The fourth-order valence-electron chi connectivity index (χ4n) is 8.01. The van der Waals surface area contributed by atoms with Gasteiger partial charge >= 0.3 is 0 Å². The lowest BCUT2D eigenvalue weighted by Crippen LogP contribution is -2.64. The summed E-state index contributed by atoms with van der Waals surface area (Å²) in [6.45, 7) is 1.19. The predicted molar refractivity (Wildman–Crippen MR) is 203 cm³/mol. The lowest BCUT2D eigenvalue weighted by Gasteiger charge is -2.46. The topological polar surface area (TPSA) is 407 Å². The van der Waals surface area contributed by atoms with Crippen molar-refractivity contribution in [3.8, 4) is 0 Å². The second-order valence-corrected chi connectivity index (χ2v) is 15.9. The van der Waals surface area contributed by atoms with Crippen LogP contribution in [0.1, 0.15) is 32.1 Å². The number of piperidine rings is 1. The van der Waals surface area contributed by atoms with Gasteiger partial charge in [-0.15, -0.1) is 0 Å². The number of aliphatic hydroxyl groups is 7. The van der Waals surface area contributed by atoms with Crippen LogP contribution in [0.5, 0.6) is 0 Å². The minimum atomic E-state index is -1.67. The summed E-state index contributed by atoms with van der Waals surface area (Å²) in [5, 5.41) is 82.3. The van der Waals surface area contributed by atoms with Crippen LogP contribution in [-0.2, 0) is 33.2 Å². The van der Waals surface area contributed by atoms with Crippen molar-refractivity contribution in [2.45, 2.75) is 142 Å². The number of hydrogen-bond acceptors (Lipinski definition) is 21. The molecule has 4 fully saturated rings. The van der Waals surface area contributed by atoms with Gasteiger partial charge in [0.1, 0.15) is 54.9 Å². The van der Waals surface area contributed by atoms with Gasteiger partial charge in [0.15, 0.2) is 30.6 Å². The zero-order valence-corrected chi connectivity index (χ0v) is 32.4. The average molecular weight is 836 g/mol. The number of carbonyl (C=O) groups is 1. The van der Waals surface area contributed by atoms with Crippen LogP contribution in [-0.4, -0.2) is 203 Å². The van der Waals surface area contributed by atoms with Crippen LogP contribution >= 0.6 is 0 Å². The Morgan fingerprint density at radius 1 is 0.897 bits per heavy atom. The van der Waals surface area contributed by atoms with Crippen molar-refractivity contribution in [1.82, 2.24) is 10.6 Å². The van der Waals surface area contributed by atoms with Crippen molar-refractivity contribution < 1.29 is 69.0 Å². The van der Waals surface area contributed by atoms with Gasteiger partial charge < -0.3 is 109 Å². The van der Waals surface area contributed by atoms with E-state index in [2.05, 4.69) is 15.6 Å². The Labute approximate surface area is 336 Å². The molecule has 0 aromatic rings. The van der Waals surface area contributed by atoms with E-state index in [4.69, 9.17) is 62.8 Å². The summed E-state index contributed by atoms with van der Waals surface area (Å²) in [4.78, 5) is 16.9. The molecule has 18 atom stereocenters. The van der Waals surface area contributed by atoms with E-state index < -0.39 is 128 Å². The second-order valence-electron chi connectivity index (χ2n) is 15.9. The van der Waals surface area contributed by atoms with Crippen molar-refractivity contribution in [1.29, 1.82) is 0 Å². The monoisotopic (exact) mass is 835 g/mol. The number of ether oxygens (including phenoxy) is 6. The number of carbonyl (C=O) groups excluding carboxylic acids is 1. The number of aliphatic imine (C=N–C) groups is 1. The van der Waals surface area contributed by atoms with E-state index in [-0.39, 0.29) is 38.3 Å². The maximum absolute atomic E-state index is 13.1. The molecule has 23 heteroatoms. The summed E-state index contributed by atoms with van der Waals surface area (Å²) in [6.07, 6.45) is -14.1. The molecule has 3 saturated heterocycles. The Bertz CT molecular complexity index is 1360. The third-order valence-corrected chi connectivity index (χ3v) is 11.5. The standard InChI is InChI=1S/C35H65N9O14/c36-11-21-25(49)26(50)23(39)32(54-21)57-29-22(13-45)55-33(27(29)51)58-30-24(48)15(10-20(47)19(46)3-6-44-34(40)41)9-18(38)28(30)56-31-17(37)2-1-16(53-31)12-43-14-35(52)4-7-42-8-5-35/h1-2,15-19,21-33,42-43,45-46,48-52H,3-14,36-39H2,(H4,40,41,44)/t15-,16-,17+,18-,19-,21-,22+,23+,24-,25+,26+,27+,28+,29+,30+,31+,32+,33-/m0/s1. The number of ketones is 1. The molecule has 4 heterocycles. The van der Waals surface area contributed by atoms with Crippen LogP contribution in [0.25, 0.3) is 0 Å². The summed E-state index contributed by atoms with van der Waals surface area (Å²) >= 11 is 0. The molecule has 0 amide bonds. The lowest BCUT2D eigenvalue weighted by molar-refractivity contribution is -0.286. The number of nitrogens with one attached hydrogen (secondary N) is 2. The molecule has 1 saturated carbocycles. The first kappa shape index (κ1) is 47.0. The smallest absolute Gasteiger partial charge is 0.187 e. The second kappa shape index (κ2) is 21.1. The van der Waals surface area contributed by atoms with E-state index in [9.17, 15) is 40.5 Å². The number of rotatable bonds is 18. The highest BCUT2D eigenvalue weighted by Crippen LogP contribution is 2.37. The molecule has 0 bridgehead atoms. The number of aliphatic hydroxyl groups excluding tert-OH is 6. The van der Waals surface area contributed by atoms with Crippen LogP contribution in [0.2, 0.25) is 0 Å². The van der Waals surface area contributed by atoms with Gasteiger partial charge in [0.2, 0.25) is 0 Å². The van der Waals surface area contributed by atoms with Crippen LogP contribution in [0, 0.1) is 5.92 Å². The van der Waals surface area contributed by atoms with Crippen LogP contribution in [0.3, 0.4) is 0 Å².